The molecule has 1 heterocycles. The Morgan fingerprint density at radius 2 is 1.69 bits per heavy atom. The van der Waals surface area contributed by atoms with Crippen molar-refractivity contribution in [3.8, 4) is 0 Å². The molecule has 0 spiro atoms. The predicted octanol–water partition coefficient (Wildman–Crippen LogP) is 3.17. The largest absolute Gasteiger partial charge is 0.370 e. The zero-order valence-corrected chi connectivity index (χ0v) is 23.9. The molecule has 3 aromatic carbocycles. The number of nitrogens with two attached hydrogens (primary N) is 1. The molecule has 4 rings (SSSR count). The van der Waals surface area contributed by atoms with E-state index < -0.39 is 23.9 Å². The molecule has 0 aromatic heterocycles. The zero-order chi connectivity index (χ0) is 30.2. The van der Waals surface area contributed by atoms with Crippen LogP contribution in [0.2, 0.25) is 5.02 Å². The molecular formula is C31H33ClN6O4. The van der Waals surface area contributed by atoms with Gasteiger partial charge < -0.3 is 26.6 Å². The number of carbonyl (C=O) groups is 4. The van der Waals surface area contributed by atoms with E-state index in [1.807, 2.05) is 30.3 Å². The van der Waals surface area contributed by atoms with Gasteiger partial charge in [0.15, 0.2) is 11.7 Å². The molecule has 218 valence electrons. The van der Waals surface area contributed by atoms with Crippen molar-refractivity contribution in [2.24, 2.45) is 5.73 Å². The van der Waals surface area contributed by atoms with E-state index in [0.717, 1.165) is 16.7 Å². The summed E-state index contributed by atoms with van der Waals surface area (Å²) in [4.78, 5) is 54.5. The van der Waals surface area contributed by atoms with Crippen molar-refractivity contribution in [2.45, 2.75) is 44.8 Å². The minimum atomic E-state index is -1.12. The van der Waals surface area contributed by atoms with E-state index in [-0.39, 0.29) is 50.0 Å². The molecule has 3 aromatic rings. The number of benzene rings is 3. The Balaban J connectivity index is 1.51. The number of nitrogens with one attached hydrogen (secondary N) is 4. The first-order valence-electron chi connectivity index (χ1n) is 13.5. The van der Waals surface area contributed by atoms with Gasteiger partial charge in [0.25, 0.3) is 0 Å². The number of hydrogen-bond acceptors (Lipinski definition) is 5. The molecule has 0 radical (unpaired) electrons. The molecule has 0 unspecified atom stereocenters. The molecule has 42 heavy (non-hydrogen) atoms. The fraction of sp³-hybridized carbons (Fsp3) is 0.258. The van der Waals surface area contributed by atoms with E-state index >= 15 is 0 Å². The number of guanidine groups is 1. The summed E-state index contributed by atoms with van der Waals surface area (Å²) in [5.74, 6) is -1.94. The summed E-state index contributed by atoms with van der Waals surface area (Å²) in [6.07, 6.45) is 0.181. The number of nitrogens with zero attached hydrogens (tertiary/aromatic N) is 1. The third kappa shape index (κ3) is 7.73. The van der Waals surface area contributed by atoms with Crippen molar-refractivity contribution >= 4 is 46.8 Å². The highest BCUT2D eigenvalue weighted by Gasteiger charge is 2.36. The summed E-state index contributed by atoms with van der Waals surface area (Å²) in [7, 11) is 0. The number of fused-ring (bicyclic) bond motifs is 1. The van der Waals surface area contributed by atoms with E-state index in [1.165, 1.54) is 4.90 Å². The predicted molar refractivity (Wildman–Crippen MR) is 161 cm³/mol. The lowest BCUT2D eigenvalue weighted by molar-refractivity contribution is -0.142. The smallest absolute Gasteiger partial charge is 0.248 e. The Hall–Kier alpha value is -4.70. The molecule has 0 saturated carbocycles. The minimum absolute atomic E-state index is 0.00338. The Kier molecular flexibility index (Phi) is 9.93. The van der Waals surface area contributed by atoms with E-state index in [1.54, 1.807) is 49.4 Å². The second-order valence-corrected chi connectivity index (χ2v) is 10.5. The molecule has 2 atom stereocenters. The van der Waals surface area contributed by atoms with Crippen molar-refractivity contribution in [3.63, 3.8) is 0 Å². The maximum atomic E-state index is 13.7. The maximum absolute atomic E-state index is 13.7. The highest BCUT2D eigenvalue weighted by atomic mass is 35.5. The van der Waals surface area contributed by atoms with Crippen LogP contribution in [0.25, 0.3) is 0 Å². The van der Waals surface area contributed by atoms with Crippen molar-refractivity contribution < 1.29 is 19.2 Å². The van der Waals surface area contributed by atoms with Crippen molar-refractivity contribution in [2.75, 3.05) is 11.9 Å². The summed E-state index contributed by atoms with van der Waals surface area (Å²) in [5.41, 5.74) is 9.04. The normalized spacial score (nSPS) is 14.7. The number of ketones is 1. The fourth-order valence-electron chi connectivity index (χ4n) is 4.79. The first kappa shape index (κ1) is 30.3. The van der Waals surface area contributed by atoms with Crippen LogP contribution in [0.3, 0.4) is 0 Å². The Morgan fingerprint density at radius 1 is 1.00 bits per heavy atom. The van der Waals surface area contributed by atoms with Gasteiger partial charge in [-0.25, -0.2) is 0 Å². The second-order valence-electron chi connectivity index (χ2n) is 10.1. The number of rotatable bonds is 10. The third-order valence-corrected chi connectivity index (χ3v) is 7.51. The fourth-order valence-corrected chi connectivity index (χ4v) is 4.91. The lowest BCUT2D eigenvalue weighted by atomic mass is 9.92. The van der Waals surface area contributed by atoms with Crippen LogP contribution in [0.15, 0.2) is 72.8 Å². The lowest BCUT2D eigenvalue weighted by Gasteiger charge is -2.36. The van der Waals surface area contributed by atoms with Crippen LogP contribution in [0.1, 0.15) is 39.9 Å². The first-order valence-corrected chi connectivity index (χ1v) is 13.9. The van der Waals surface area contributed by atoms with Gasteiger partial charge in [-0.3, -0.25) is 24.6 Å². The van der Waals surface area contributed by atoms with Gasteiger partial charge in [-0.15, -0.1) is 0 Å². The number of carbonyl (C=O) groups excluding carboxylic acids is 4. The monoisotopic (exact) mass is 588 g/mol. The maximum Gasteiger partial charge on any atom is 0.248 e. The Morgan fingerprint density at radius 3 is 2.38 bits per heavy atom. The number of anilines is 1. The molecule has 0 saturated heterocycles. The molecule has 3 amide bonds. The summed E-state index contributed by atoms with van der Waals surface area (Å²) in [6.45, 7) is 1.84. The van der Waals surface area contributed by atoms with Crippen LogP contribution in [-0.4, -0.2) is 53.0 Å². The van der Waals surface area contributed by atoms with E-state index in [0.29, 0.717) is 16.3 Å². The number of amides is 3. The molecule has 0 aliphatic carbocycles. The van der Waals surface area contributed by atoms with Crippen LogP contribution in [0.4, 0.5) is 5.69 Å². The van der Waals surface area contributed by atoms with E-state index in [2.05, 4.69) is 16.0 Å². The number of hydrogen-bond donors (Lipinski definition) is 5. The van der Waals surface area contributed by atoms with Crippen molar-refractivity contribution in [1.82, 2.24) is 15.5 Å². The summed E-state index contributed by atoms with van der Waals surface area (Å²) >= 11 is 6.10. The summed E-state index contributed by atoms with van der Waals surface area (Å²) in [6, 6.07) is 19.2. The summed E-state index contributed by atoms with van der Waals surface area (Å²) < 4.78 is 0. The quantitative estimate of drug-likeness (QED) is 0.139. The van der Waals surface area contributed by atoms with E-state index in [4.69, 9.17) is 22.7 Å². The van der Waals surface area contributed by atoms with Gasteiger partial charge in [-0.05, 0) is 41.8 Å². The molecule has 1 aliphatic rings. The van der Waals surface area contributed by atoms with Gasteiger partial charge in [0, 0.05) is 48.6 Å². The lowest BCUT2D eigenvalue weighted by Crippen LogP contribution is -2.58. The SMILES string of the molecule is Cc1cc(NC(=O)[C@H](CNC(=N)N)NC(=O)[C@@H]2Cc3ccccc3CN2C(=O)CCC(=O)c2ccccc2)ccc1Cl. The molecule has 10 nitrogen and oxygen atoms in total. The number of aryl methyl sites for hydroxylation is 1. The van der Waals surface area contributed by atoms with Crippen LogP contribution in [0.5, 0.6) is 0 Å². The van der Waals surface area contributed by atoms with Gasteiger partial charge in [0.1, 0.15) is 12.1 Å². The standard InChI is InChI=1S/C31H33ClN6O4/c1-19-15-23(11-12-24(19)32)36-29(41)25(17-35-31(33)34)37-30(42)26-16-21-9-5-6-10-22(21)18-38(26)28(40)14-13-27(39)20-7-3-2-4-8-20/h2-12,15,25-26H,13-14,16-18H2,1H3,(H,36,41)(H,37,42)(H4,33,34,35)/t25-,26-/m0/s1. The van der Waals surface area contributed by atoms with Crippen LogP contribution in [0, 0.1) is 12.3 Å². The second kappa shape index (κ2) is 13.8. The van der Waals surface area contributed by atoms with Crippen LogP contribution >= 0.6 is 11.6 Å². The van der Waals surface area contributed by atoms with E-state index in [9.17, 15) is 19.2 Å². The highest BCUT2D eigenvalue weighted by Crippen LogP contribution is 2.25. The average Bonchev–Trinajstić information content (AvgIpc) is 2.99. The van der Waals surface area contributed by atoms with Gasteiger partial charge in [0.05, 0.1) is 0 Å². The van der Waals surface area contributed by atoms with Gasteiger partial charge in [-0.2, -0.15) is 0 Å². The minimum Gasteiger partial charge on any atom is -0.370 e. The highest BCUT2D eigenvalue weighted by molar-refractivity contribution is 6.31. The Bertz CT molecular complexity index is 1500. The first-order chi connectivity index (χ1) is 20.1. The molecule has 6 N–H and O–H groups in total. The van der Waals surface area contributed by atoms with Crippen molar-refractivity contribution in [3.05, 3.63) is 100 Å². The summed E-state index contributed by atoms with van der Waals surface area (Å²) in [5, 5.41) is 16.2. The number of halogens is 1. The molecule has 0 fully saturated rings. The average molecular weight is 589 g/mol. The molecule has 0 bridgehead atoms. The van der Waals surface area contributed by atoms with Crippen LogP contribution < -0.4 is 21.7 Å². The number of Topliss-reactive ketones (excluding diaryl/α,β-unsaturated/α-hetero) is 1. The topological polar surface area (TPSA) is 157 Å². The molecule has 1 aliphatic heterocycles. The van der Waals surface area contributed by atoms with Crippen LogP contribution in [-0.2, 0) is 27.3 Å². The van der Waals surface area contributed by atoms with Gasteiger partial charge >= 0.3 is 0 Å². The molecular weight excluding hydrogens is 556 g/mol. The van der Waals surface area contributed by atoms with Gasteiger partial charge in [0.2, 0.25) is 17.7 Å². The van der Waals surface area contributed by atoms with Crippen molar-refractivity contribution in [1.29, 1.82) is 5.41 Å². The molecule has 11 heteroatoms. The third-order valence-electron chi connectivity index (χ3n) is 7.09. The zero-order valence-electron chi connectivity index (χ0n) is 23.2. The Labute approximate surface area is 249 Å². The van der Waals surface area contributed by atoms with Gasteiger partial charge in [-0.1, -0.05) is 66.2 Å².